The minimum absolute atomic E-state index is 0.253. The number of unbranched alkanes of at least 4 members (excludes halogenated alkanes) is 11. The van der Waals surface area contributed by atoms with Gasteiger partial charge in [-0.3, -0.25) is 4.79 Å². The molecule has 0 bridgehead atoms. The maximum absolute atomic E-state index is 12.8. The molecule has 0 saturated heterocycles. The Kier molecular flexibility index (Phi) is 18.1. The molecule has 1 N–H and O–H groups in total. The first-order chi connectivity index (χ1) is 17.0. The van der Waals surface area contributed by atoms with Gasteiger partial charge in [0.15, 0.2) is 0 Å². The average molecular weight is 491 g/mol. The number of aliphatic hydroxyl groups excluding tert-OH is 1. The Balaban J connectivity index is 2.66. The summed E-state index contributed by atoms with van der Waals surface area (Å²) in [6.45, 7) is 4.38. The standard InChI is InChI=1S/C30H50O5/c1-4-6-8-10-11-12-13-14-18-22-26(31)24-28(35-29(32)25-20-16-15-17-21-25)27(30(33)34-3)23-19-9-7-5-2/h15-17,20-21,26-28,31H,4-14,18-19,22-24H2,1-3H3. The summed E-state index contributed by atoms with van der Waals surface area (Å²) in [4.78, 5) is 25.4. The van der Waals surface area contributed by atoms with Crippen molar-refractivity contribution in [1.29, 1.82) is 0 Å². The molecule has 0 spiro atoms. The van der Waals surface area contributed by atoms with Gasteiger partial charge in [0, 0.05) is 6.42 Å². The highest BCUT2D eigenvalue weighted by Gasteiger charge is 2.33. The predicted octanol–water partition coefficient (Wildman–Crippen LogP) is 7.64. The molecule has 5 nitrogen and oxygen atoms in total. The molecule has 5 heteroatoms. The number of carbonyl (C=O) groups is 2. The van der Waals surface area contributed by atoms with Crippen molar-refractivity contribution in [2.24, 2.45) is 5.92 Å². The second-order valence-electron chi connectivity index (χ2n) is 9.80. The molecule has 0 aliphatic carbocycles. The number of hydrogen-bond acceptors (Lipinski definition) is 5. The SMILES string of the molecule is CCCCCCCCCCCC(O)CC(OC(=O)c1ccccc1)C(CCCCCC)C(=O)OC. The van der Waals surface area contributed by atoms with Crippen LogP contribution in [0.1, 0.15) is 127 Å². The van der Waals surface area contributed by atoms with Gasteiger partial charge in [0.1, 0.15) is 6.10 Å². The molecule has 1 rings (SSSR count). The van der Waals surface area contributed by atoms with E-state index in [9.17, 15) is 14.7 Å². The van der Waals surface area contributed by atoms with E-state index in [1.54, 1.807) is 24.3 Å². The van der Waals surface area contributed by atoms with E-state index in [4.69, 9.17) is 9.47 Å². The first-order valence-corrected chi connectivity index (χ1v) is 14.0. The molecule has 3 unspecified atom stereocenters. The van der Waals surface area contributed by atoms with Crippen LogP contribution in [0.5, 0.6) is 0 Å². The van der Waals surface area contributed by atoms with Crippen molar-refractivity contribution in [2.75, 3.05) is 7.11 Å². The Bertz CT molecular complexity index is 660. The number of hydrogen-bond donors (Lipinski definition) is 1. The zero-order valence-corrected chi connectivity index (χ0v) is 22.5. The summed E-state index contributed by atoms with van der Waals surface area (Å²) in [5, 5.41) is 10.8. The van der Waals surface area contributed by atoms with Crippen molar-refractivity contribution in [3.8, 4) is 0 Å². The van der Waals surface area contributed by atoms with Crippen molar-refractivity contribution >= 4 is 11.9 Å². The third kappa shape index (κ3) is 14.3. The van der Waals surface area contributed by atoms with Gasteiger partial charge in [-0.15, -0.1) is 0 Å². The van der Waals surface area contributed by atoms with Gasteiger partial charge < -0.3 is 14.6 Å². The predicted molar refractivity (Wildman–Crippen MR) is 142 cm³/mol. The Morgan fingerprint density at radius 2 is 1.29 bits per heavy atom. The minimum atomic E-state index is -0.703. The third-order valence-electron chi connectivity index (χ3n) is 6.73. The molecule has 0 heterocycles. The molecule has 1 aromatic rings. The fraction of sp³-hybridized carbons (Fsp3) is 0.733. The summed E-state index contributed by atoms with van der Waals surface area (Å²) in [5.41, 5.74) is 0.445. The monoisotopic (exact) mass is 490 g/mol. The van der Waals surface area contributed by atoms with Crippen molar-refractivity contribution in [2.45, 2.75) is 129 Å². The lowest BCUT2D eigenvalue weighted by Gasteiger charge is -2.27. The number of ether oxygens (including phenoxy) is 2. The highest BCUT2D eigenvalue weighted by molar-refractivity contribution is 5.89. The molecule has 1 aromatic carbocycles. The topological polar surface area (TPSA) is 72.8 Å². The van der Waals surface area contributed by atoms with Crippen LogP contribution in [-0.2, 0) is 14.3 Å². The van der Waals surface area contributed by atoms with E-state index in [0.717, 1.165) is 38.5 Å². The number of rotatable bonds is 21. The lowest BCUT2D eigenvalue weighted by molar-refractivity contribution is -0.150. The van der Waals surface area contributed by atoms with Crippen molar-refractivity contribution < 1.29 is 24.2 Å². The van der Waals surface area contributed by atoms with E-state index < -0.39 is 24.1 Å². The van der Waals surface area contributed by atoms with Gasteiger partial charge in [0.25, 0.3) is 0 Å². The highest BCUT2D eigenvalue weighted by Crippen LogP contribution is 2.25. The molecule has 0 amide bonds. The summed E-state index contributed by atoms with van der Waals surface area (Å²) in [6.07, 6.45) is 15.3. The Labute approximate surface area is 214 Å². The van der Waals surface area contributed by atoms with Gasteiger partial charge in [0.05, 0.1) is 24.7 Å². The fourth-order valence-corrected chi connectivity index (χ4v) is 4.55. The van der Waals surface area contributed by atoms with Crippen LogP contribution in [0.2, 0.25) is 0 Å². The summed E-state index contributed by atoms with van der Waals surface area (Å²) >= 11 is 0. The van der Waals surface area contributed by atoms with Crippen LogP contribution in [-0.4, -0.2) is 36.4 Å². The van der Waals surface area contributed by atoms with Crippen molar-refractivity contribution in [1.82, 2.24) is 0 Å². The normalized spacial score (nSPS) is 13.7. The highest BCUT2D eigenvalue weighted by atomic mass is 16.6. The Morgan fingerprint density at radius 3 is 1.86 bits per heavy atom. The smallest absolute Gasteiger partial charge is 0.338 e. The number of aliphatic hydroxyl groups is 1. The van der Waals surface area contributed by atoms with Crippen LogP contribution in [0, 0.1) is 5.92 Å². The van der Waals surface area contributed by atoms with Crippen LogP contribution in [0.4, 0.5) is 0 Å². The molecule has 0 aliphatic heterocycles. The van der Waals surface area contributed by atoms with Gasteiger partial charge in [-0.2, -0.15) is 0 Å². The van der Waals surface area contributed by atoms with E-state index in [1.807, 2.05) is 6.07 Å². The quantitative estimate of drug-likeness (QED) is 0.142. The maximum Gasteiger partial charge on any atom is 0.338 e. The second kappa shape index (κ2) is 20.3. The zero-order chi connectivity index (χ0) is 25.7. The molecule has 200 valence electrons. The van der Waals surface area contributed by atoms with Gasteiger partial charge in [0.2, 0.25) is 0 Å². The summed E-state index contributed by atoms with van der Waals surface area (Å²) in [6, 6.07) is 8.81. The number of methoxy groups -OCH3 is 1. The molecule has 0 fully saturated rings. The van der Waals surface area contributed by atoms with Crippen LogP contribution >= 0.6 is 0 Å². The second-order valence-corrected chi connectivity index (χ2v) is 9.80. The summed E-state index contributed by atoms with van der Waals surface area (Å²) in [5.74, 6) is -1.40. The molecule has 0 aromatic heterocycles. The molecule has 3 atom stereocenters. The molecule has 35 heavy (non-hydrogen) atoms. The third-order valence-corrected chi connectivity index (χ3v) is 6.73. The number of esters is 2. The molecule has 0 radical (unpaired) electrons. The average Bonchev–Trinajstić information content (AvgIpc) is 2.87. The fourth-order valence-electron chi connectivity index (χ4n) is 4.55. The number of benzene rings is 1. The lowest BCUT2D eigenvalue weighted by atomic mass is 9.90. The maximum atomic E-state index is 12.8. The van der Waals surface area contributed by atoms with Crippen LogP contribution < -0.4 is 0 Å². The zero-order valence-electron chi connectivity index (χ0n) is 22.5. The molecular formula is C30H50O5. The first kappa shape index (κ1) is 31.2. The van der Waals surface area contributed by atoms with E-state index >= 15 is 0 Å². The van der Waals surface area contributed by atoms with E-state index in [2.05, 4.69) is 13.8 Å². The van der Waals surface area contributed by atoms with Crippen LogP contribution in [0.25, 0.3) is 0 Å². The van der Waals surface area contributed by atoms with Crippen LogP contribution in [0.15, 0.2) is 30.3 Å². The van der Waals surface area contributed by atoms with Gasteiger partial charge in [-0.25, -0.2) is 4.79 Å². The molecule has 0 aliphatic rings. The van der Waals surface area contributed by atoms with Gasteiger partial charge in [-0.1, -0.05) is 116 Å². The minimum Gasteiger partial charge on any atom is -0.469 e. The Morgan fingerprint density at radius 1 is 0.771 bits per heavy atom. The lowest BCUT2D eigenvalue weighted by Crippen LogP contribution is -2.36. The van der Waals surface area contributed by atoms with E-state index in [-0.39, 0.29) is 12.4 Å². The molecule has 0 saturated carbocycles. The van der Waals surface area contributed by atoms with E-state index in [0.29, 0.717) is 18.4 Å². The van der Waals surface area contributed by atoms with Crippen molar-refractivity contribution in [3.63, 3.8) is 0 Å². The molecular weight excluding hydrogens is 440 g/mol. The van der Waals surface area contributed by atoms with Crippen LogP contribution in [0.3, 0.4) is 0 Å². The Hall–Kier alpha value is -1.88. The van der Waals surface area contributed by atoms with Gasteiger partial charge >= 0.3 is 11.9 Å². The largest absolute Gasteiger partial charge is 0.469 e. The summed E-state index contributed by atoms with van der Waals surface area (Å²) in [7, 11) is 1.37. The van der Waals surface area contributed by atoms with Crippen molar-refractivity contribution in [3.05, 3.63) is 35.9 Å². The van der Waals surface area contributed by atoms with Gasteiger partial charge in [-0.05, 0) is 25.0 Å². The van der Waals surface area contributed by atoms with E-state index in [1.165, 1.54) is 52.1 Å². The summed E-state index contributed by atoms with van der Waals surface area (Å²) < 4.78 is 10.9. The first-order valence-electron chi connectivity index (χ1n) is 14.0. The number of carbonyl (C=O) groups excluding carboxylic acids is 2.